The number of piperazine rings is 1. The highest BCUT2D eigenvalue weighted by atomic mass is 15.3. The van der Waals surface area contributed by atoms with Crippen LogP contribution in [0.1, 0.15) is 20.3 Å². The fourth-order valence-corrected chi connectivity index (χ4v) is 3.00. The van der Waals surface area contributed by atoms with Crippen molar-refractivity contribution in [2.75, 3.05) is 59.4 Å². The Bertz CT molecular complexity index is 478. The molecule has 0 aromatic carbocycles. The van der Waals surface area contributed by atoms with Gasteiger partial charge in [-0.3, -0.25) is 9.67 Å². The topological polar surface area (TPSA) is 60.7 Å². The second-order valence-corrected chi connectivity index (χ2v) is 6.98. The number of aliphatic imine (C=N–C) groups is 1. The van der Waals surface area contributed by atoms with E-state index in [0.29, 0.717) is 5.92 Å². The predicted molar refractivity (Wildman–Crippen MR) is 104 cm³/mol. The van der Waals surface area contributed by atoms with Crippen molar-refractivity contribution in [1.82, 2.24) is 30.2 Å². The molecule has 1 aliphatic rings. The molecule has 1 fully saturated rings. The molecular weight excluding hydrogens is 314 g/mol. The van der Waals surface area contributed by atoms with Crippen molar-refractivity contribution >= 4 is 5.96 Å². The maximum Gasteiger partial charge on any atom is 0.191 e. The number of nitrogens with one attached hydrogen (secondary N) is 2. The standard InChI is InChI=1S/C18H35N7/c1-4-19-18(20-7-5-9-25-10-6-8-22-25)21-15-17(2)16-24-13-11-23(3)12-14-24/h6,8,10,17H,4-5,7,9,11-16H2,1-3H3,(H2,19,20,21). The van der Waals surface area contributed by atoms with Crippen molar-refractivity contribution in [3.05, 3.63) is 18.5 Å². The molecule has 1 atom stereocenters. The Morgan fingerprint density at radius 2 is 2.04 bits per heavy atom. The number of guanidine groups is 1. The van der Waals surface area contributed by atoms with Gasteiger partial charge < -0.3 is 20.4 Å². The van der Waals surface area contributed by atoms with E-state index in [-0.39, 0.29) is 0 Å². The van der Waals surface area contributed by atoms with Gasteiger partial charge in [-0.2, -0.15) is 5.10 Å². The molecule has 0 saturated carbocycles. The first-order chi connectivity index (χ1) is 12.2. The lowest BCUT2D eigenvalue weighted by molar-refractivity contribution is 0.140. The molecule has 2 heterocycles. The monoisotopic (exact) mass is 349 g/mol. The van der Waals surface area contributed by atoms with Crippen molar-refractivity contribution in [3.63, 3.8) is 0 Å². The van der Waals surface area contributed by atoms with Crippen molar-refractivity contribution < 1.29 is 0 Å². The molecule has 0 spiro atoms. The normalized spacial score (nSPS) is 18.3. The fraction of sp³-hybridized carbons (Fsp3) is 0.778. The number of aryl methyl sites for hydroxylation is 1. The molecule has 1 aliphatic heterocycles. The van der Waals surface area contributed by atoms with Gasteiger partial charge in [0, 0.05) is 71.3 Å². The third kappa shape index (κ3) is 7.88. The number of hydrogen-bond donors (Lipinski definition) is 2. The SMILES string of the molecule is CCNC(=NCC(C)CN1CCN(C)CC1)NCCCn1cccn1. The zero-order chi connectivity index (χ0) is 17.9. The minimum atomic E-state index is 0.572. The first-order valence-corrected chi connectivity index (χ1v) is 9.58. The minimum Gasteiger partial charge on any atom is -0.357 e. The lowest BCUT2D eigenvalue weighted by atomic mass is 10.1. The molecule has 2 rings (SSSR count). The van der Waals surface area contributed by atoms with Gasteiger partial charge in [-0.15, -0.1) is 0 Å². The van der Waals surface area contributed by atoms with Crippen LogP contribution < -0.4 is 10.6 Å². The number of likely N-dealkylation sites (N-methyl/N-ethyl adjacent to an activating group) is 1. The Balaban J connectivity index is 1.66. The average molecular weight is 350 g/mol. The van der Waals surface area contributed by atoms with Crippen LogP contribution in [0.15, 0.2) is 23.5 Å². The zero-order valence-corrected chi connectivity index (χ0v) is 16.1. The first kappa shape index (κ1) is 19.7. The molecule has 1 aromatic heterocycles. The molecule has 0 amide bonds. The Labute approximate surface area is 152 Å². The van der Waals surface area contributed by atoms with Crippen LogP contribution in [-0.4, -0.2) is 84.9 Å². The van der Waals surface area contributed by atoms with Crippen molar-refractivity contribution in [3.8, 4) is 0 Å². The second-order valence-electron chi connectivity index (χ2n) is 6.98. The van der Waals surface area contributed by atoms with Gasteiger partial charge in [0.25, 0.3) is 0 Å². The van der Waals surface area contributed by atoms with Crippen LogP contribution in [0.5, 0.6) is 0 Å². The fourth-order valence-electron chi connectivity index (χ4n) is 3.00. The summed E-state index contributed by atoms with van der Waals surface area (Å²) in [5.41, 5.74) is 0. The quantitative estimate of drug-likeness (QED) is 0.391. The van der Waals surface area contributed by atoms with E-state index >= 15 is 0 Å². The molecular formula is C18H35N7. The van der Waals surface area contributed by atoms with Crippen LogP contribution in [0.3, 0.4) is 0 Å². The van der Waals surface area contributed by atoms with Crippen LogP contribution in [0, 0.1) is 5.92 Å². The summed E-state index contributed by atoms with van der Waals surface area (Å²) < 4.78 is 1.96. The maximum absolute atomic E-state index is 4.76. The summed E-state index contributed by atoms with van der Waals surface area (Å²) in [5, 5.41) is 11.0. The predicted octanol–water partition coefficient (Wildman–Crippen LogP) is 0.712. The largest absolute Gasteiger partial charge is 0.357 e. The molecule has 25 heavy (non-hydrogen) atoms. The van der Waals surface area contributed by atoms with Gasteiger partial charge in [0.05, 0.1) is 0 Å². The van der Waals surface area contributed by atoms with E-state index in [9.17, 15) is 0 Å². The Morgan fingerprint density at radius 3 is 2.72 bits per heavy atom. The van der Waals surface area contributed by atoms with Crippen LogP contribution in [0.25, 0.3) is 0 Å². The summed E-state index contributed by atoms with van der Waals surface area (Å²) in [4.78, 5) is 9.72. The minimum absolute atomic E-state index is 0.572. The third-order valence-corrected chi connectivity index (χ3v) is 4.49. The second kappa shape index (κ2) is 11.1. The number of nitrogens with zero attached hydrogens (tertiary/aromatic N) is 5. The summed E-state index contributed by atoms with van der Waals surface area (Å²) in [6.45, 7) is 13.8. The Hall–Kier alpha value is -1.60. The third-order valence-electron chi connectivity index (χ3n) is 4.49. The van der Waals surface area contributed by atoms with Gasteiger partial charge in [0.2, 0.25) is 0 Å². The molecule has 0 aliphatic carbocycles. The Morgan fingerprint density at radius 1 is 1.24 bits per heavy atom. The summed E-state index contributed by atoms with van der Waals surface area (Å²) in [7, 11) is 2.20. The lowest BCUT2D eigenvalue weighted by Gasteiger charge is -2.33. The summed E-state index contributed by atoms with van der Waals surface area (Å²) in [6, 6.07) is 1.96. The number of hydrogen-bond acceptors (Lipinski definition) is 4. The van der Waals surface area contributed by atoms with Crippen LogP contribution in [0.2, 0.25) is 0 Å². The molecule has 7 heteroatoms. The van der Waals surface area contributed by atoms with E-state index in [1.54, 1.807) is 0 Å². The van der Waals surface area contributed by atoms with Crippen molar-refractivity contribution in [1.29, 1.82) is 0 Å². The van der Waals surface area contributed by atoms with Gasteiger partial charge in [-0.1, -0.05) is 6.92 Å². The van der Waals surface area contributed by atoms with E-state index in [1.165, 1.54) is 26.2 Å². The highest BCUT2D eigenvalue weighted by molar-refractivity contribution is 5.79. The van der Waals surface area contributed by atoms with E-state index in [2.05, 4.69) is 46.4 Å². The van der Waals surface area contributed by atoms with Gasteiger partial charge in [-0.25, -0.2) is 0 Å². The van der Waals surface area contributed by atoms with E-state index < -0.39 is 0 Å². The molecule has 0 radical (unpaired) electrons. The lowest BCUT2D eigenvalue weighted by Crippen LogP contribution is -2.46. The molecule has 1 aromatic rings. The molecule has 2 N–H and O–H groups in total. The van der Waals surface area contributed by atoms with Crippen molar-refractivity contribution in [2.24, 2.45) is 10.9 Å². The molecule has 142 valence electrons. The van der Waals surface area contributed by atoms with Crippen molar-refractivity contribution in [2.45, 2.75) is 26.8 Å². The van der Waals surface area contributed by atoms with E-state index in [1.807, 2.05) is 23.1 Å². The first-order valence-electron chi connectivity index (χ1n) is 9.58. The average Bonchev–Trinajstić information content (AvgIpc) is 3.12. The number of aromatic nitrogens is 2. The van der Waals surface area contributed by atoms with E-state index in [4.69, 9.17) is 4.99 Å². The van der Waals surface area contributed by atoms with E-state index in [0.717, 1.165) is 45.1 Å². The molecule has 1 unspecified atom stereocenters. The van der Waals surface area contributed by atoms with Gasteiger partial charge in [0.15, 0.2) is 5.96 Å². The molecule has 7 nitrogen and oxygen atoms in total. The van der Waals surface area contributed by atoms with Crippen LogP contribution in [-0.2, 0) is 6.54 Å². The van der Waals surface area contributed by atoms with Crippen LogP contribution >= 0.6 is 0 Å². The maximum atomic E-state index is 4.76. The Kier molecular flexibility index (Phi) is 8.76. The highest BCUT2D eigenvalue weighted by Gasteiger charge is 2.15. The molecule has 0 bridgehead atoms. The smallest absolute Gasteiger partial charge is 0.191 e. The molecule has 1 saturated heterocycles. The zero-order valence-electron chi connectivity index (χ0n) is 16.1. The highest BCUT2D eigenvalue weighted by Crippen LogP contribution is 2.05. The van der Waals surface area contributed by atoms with Gasteiger partial charge in [0.1, 0.15) is 0 Å². The summed E-state index contributed by atoms with van der Waals surface area (Å²) in [5.74, 6) is 1.50. The van der Waals surface area contributed by atoms with Gasteiger partial charge in [-0.05, 0) is 32.4 Å². The van der Waals surface area contributed by atoms with Crippen LogP contribution in [0.4, 0.5) is 0 Å². The number of rotatable bonds is 9. The van der Waals surface area contributed by atoms with Gasteiger partial charge >= 0.3 is 0 Å². The summed E-state index contributed by atoms with van der Waals surface area (Å²) >= 11 is 0. The summed E-state index contributed by atoms with van der Waals surface area (Å²) in [6.07, 6.45) is 4.85.